The lowest BCUT2D eigenvalue weighted by Crippen LogP contribution is -2.42. The highest BCUT2D eigenvalue weighted by atomic mass is 32.2. The Labute approximate surface area is 306 Å². The molecule has 276 valence electrons. The molecular formula is C31H41N9O8S3. The molecule has 0 saturated carbocycles. The SMILES string of the molecule is C=CN(CCSCCN(CCSCCN(CCS)C(=O)Cn1ccc(=O)[nH]c1=O)C(=O)Cn1ccc(=O)[nH]c1=O)C(=O)CN1C=CC(=O)NC1=C. The lowest BCUT2D eigenvalue weighted by atomic mass is 10.3. The summed E-state index contributed by atoms with van der Waals surface area (Å²) in [6.45, 7) is 8.71. The van der Waals surface area contributed by atoms with Gasteiger partial charge in [0.15, 0.2) is 0 Å². The minimum atomic E-state index is -0.696. The Morgan fingerprint density at radius 3 is 1.69 bits per heavy atom. The smallest absolute Gasteiger partial charge is 0.328 e. The summed E-state index contributed by atoms with van der Waals surface area (Å²) < 4.78 is 2.24. The molecule has 0 unspecified atom stereocenters. The van der Waals surface area contributed by atoms with Crippen molar-refractivity contribution in [2.45, 2.75) is 13.1 Å². The first kappa shape index (κ1) is 40.7. The second-order valence-electron chi connectivity index (χ2n) is 10.8. The fourth-order valence-electron chi connectivity index (χ4n) is 4.57. The molecule has 3 heterocycles. The molecule has 0 aromatic carbocycles. The molecule has 17 nitrogen and oxygen atoms in total. The number of nitrogens with zero attached hydrogens (tertiary/aromatic N) is 6. The van der Waals surface area contributed by atoms with Gasteiger partial charge in [0.1, 0.15) is 25.5 Å². The molecule has 3 rings (SSSR count). The van der Waals surface area contributed by atoms with Crippen molar-refractivity contribution in [2.24, 2.45) is 0 Å². The molecule has 0 bridgehead atoms. The van der Waals surface area contributed by atoms with Crippen LogP contribution in [-0.4, -0.2) is 130 Å². The average Bonchev–Trinajstić information content (AvgIpc) is 3.08. The van der Waals surface area contributed by atoms with Crippen molar-refractivity contribution in [2.75, 3.05) is 68.0 Å². The van der Waals surface area contributed by atoms with Gasteiger partial charge in [0.25, 0.3) is 17.0 Å². The number of H-pyrrole nitrogens is 2. The van der Waals surface area contributed by atoms with Crippen molar-refractivity contribution < 1.29 is 19.2 Å². The van der Waals surface area contributed by atoms with Crippen LogP contribution < -0.4 is 27.8 Å². The van der Waals surface area contributed by atoms with Crippen LogP contribution in [-0.2, 0) is 32.3 Å². The van der Waals surface area contributed by atoms with Gasteiger partial charge in [0.05, 0.1) is 0 Å². The topological polar surface area (TPSA) is 203 Å². The maximum absolute atomic E-state index is 13.3. The summed E-state index contributed by atoms with van der Waals surface area (Å²) in [5.74, 6) is 1.64. The highest BCUT2D eigenvalue weighted by molar-refractivity contribution is 7.99. The highest BCUT2D eigenvalue weighted by Gasteiger charge is 2.20. The molecule has 0 aliphatic carbocycles. The largest absolute Gasteiger partial charge is 0.340 e. The molecule has 4 amide bonds. The lowest BCUT2D eigenvalue weighted by Gasteiger charge is -2.27. The van der Waals surface area contributed by atoms with Crippen LogP contribution in [0.1, 0.15) is 0 Å². The predicted molar refractivity (Wildman–Crippen MR) is 199 cm³/mol. The van der Waals surface area contributed by atoms with Crippen LogP contribution in [0, 0.1) is 0 Å². The number of hydrogen-bond acceptors (Lipinski definition) is 12. The number of amides is 4. The molecule has 2 aromatic rings. The molecule has 0 radical (unpaired) electrons. The van der Waals surface area contributed by atoms with E-state index in [1.807, 2.05) is 0 Å². The van der Waals surface area contributed by atoms with Crippen molar-refractivity contribution >= 4 is 59.8 Å². The van der Waals surface area contributed by atoms with E-state index in [1.54, 1.807) is 9.80 Å². The molecule has 0 atom stereocenters. The summed E-state index contributed by atoms with van der Waals surface area (Å²) in [5, 5.41) is 2.54. The number of hydrogen-bond donors (Lipinski definition) is 4. The van der Waals surface area contributed by atoms with Gasteiger partial charge in [-0.25, -0.2) is 9.59 Å². The van der Waals surface area contributed by atoms with E-state index in [0.717, 1.165) is 15.2 Å². The molecule has 3 N–H and O–H groups in total. The zero-order chi connectivity index (χ0) is 37.3. The van der Waals surface area contributed by atoms with Crippen molar-refractivity contribution in [3.8, 4) is 0 Å². The summed E-state index contributed by atoms with van der Waals surface area (Å²) in [6, 6.07) is 2.33. The number of carbonyl (C=O) groups excluding carboxylic acids is 4. The van der Waals surface area contributed by atoms with E-state index in [1.165, 1.54) is 70.3 Å². The van der Waals surface area contributed by atoms with Crippen molar-refractivity contribution in [1.82, 2.24) is 44.0 Å². The summed E-state index contributed by atoms with van der Waals surface area (Å²) in [6.07, 6.45) is 6.75. The van der Waals surface area contributed by atoms with E-state index < -0.39 is 22.5 Å². The first-order chi connectivity index (χ1) is 24.4. The van der Waals surface area contributed by atoms with Gasteiger partial charge in [-0.3, -0.25) is 47.9 Å². The summed E-state index contributed by atoms with van der Waals surface area (Å²) in [5.41, 5.74) is -2.49. The third-order valence-corrected chi connectivity index (χ3v) is 9.42. The van der Waals surface area contributed by atoms with Crippen LogP contribution in [0.5, 0.6) is 0 Å². The molecule has 0 fully saturated rings. The molecule has 0 spiro atoms. The van der Waals surface area contributed by atoms with Gasteiger partial charge >= 0.3 is 11.4 Å². The van der Waals surface area contributed by atoms with Gasteiger partial charge in [-0.2, -0.15) is 36.2 Å². The Hall–Kier alpha value is -4.69. The van der Waals surface area contributed by atoms with Gasteiger partial charge in [0.2, 0.25) is 17.7 Å². The van der Waals surface area contributed by atoms with Crippen LogP contribution in [0.4, 0.5) is 0 Å². The Morgan fingerprint density at radius 2 is 1.24 bits per heavy atom. The number of thiol groups is 1. The number of carbonyl (C=O) groups is 4. The van der Waals surface area contributed by atoms with Crippen LogP contribution in [0.2, 0.25) is 0 Å². The molecule has 51 heavy (non-hydrogen) atoms. The number of rotatable bonds is 21. The van der Waals surface area contributed by atoms with Gasteiger partial charge in [-0.1, -0.05) is 13.2 Å². The zero-order valence-corrected chi connectivity index (χ0v) is 30.4. The molecule has 1 aliphatic heterocycles. The fraction of sp³-hybridized carbons (Fsp3) is 0.419. The summed E-state index contributed by atoms with van der Waals surface area (Å²) >= 11 is 7.28. The molecule has 2 aromatic heterocycles. The summed E-state index contributed by atoms with van der Waals surface area (Å²) in [7, 11) is 0. The van der Waals surface area contributed by atoms with E-state index in [0.29, 0.717) is 67.3 Å². The molecule has 0 saturated heterocycles. The van der Waals surface area contributed by atoms with E-state index >= 15 is 0 Å². The van der Waals surface area contributed by atoms with Gasteiger partial charge in [-0.15, -0.1) is 0 Å². The Kier molecular flexibility index (Phi) is 16.7. The van der Waals surface area contributed by atoms with Gasteiger partial charge in [-0.05, 0) is 6.20 Å². The van der Waals surface area contributed by atoms with Crippen molar-refractivity contribution in [1.29, 1.82) is 0 Å². The zero-order valence-electron chi connectivity index (χ0n) is 27.9. The number of aromatic amines is 2. The van der Waals surface area contributed by atoms with Crippen LogP contribution in [0.15, 0.2) is 81.2 Å². The van der Waals surface area contributed by atoms with Crippen LogP contribution >= 0.6 is 36.2 Å². The first-order valence-electron chi connectivity index (χ1n) is 15.7. The predicted octanol–water partition coefficient (Wildman–Crippen LogP) is -1.47. The second kappa shape index (κ2) is 20.9. The maximum Gasteiger partial charge on any atom is 0.328 e. The third-order valence-electron chi connectivity index (χ3n) is 7.34. The Bertz CT molecular complexity index is 1840. The van der Waals surface area contributed by atoms with Crippen LogP contribution in [0.25, 0.3) is 0 Å². The third kappa shape index (κ3) is 13.5. The normalized spacial score (nSPS) is 12.4. The minimum absolute atomic E-state index is 0.0357. The number of nitrogens with one attached hydrogen (secondary N) is 3. The minimum Gasteiger partial charge on any atom is -0.340 e. The second-order valence-corrected chi connectivity index (χ2v) is 13.7. The van der Waals surface area contributed by atoms with E-state index in [2.05, 4.69) is 41.1 Å². The summed E-state index contributed by atoms with van der Waals surface area (Å²) in [4.78, 5) is 108. The maximum atomic E-state index is 13.3. The van der Waals surface area contributed by atoms with E-state index in [-0.39, 0.29) is 43.3 Å². The average molecular weight is 764 g/mol. The van der Waals surface area contributed by atoms with Crippen molar-refractivity contribution in [3.05, 3.63) is 104 Å². The van der Waals surface area contributed by atoms with Crippen LogP contribution in [0.3, 0.4) is 0 Å². The molecule has 20 heteroatoms. The molecular weight excluding hydrogens is 723 g/mol. The Balaban J connectivity index is 1.51. The van der Waals surface area contributed by atoms with Gasteiger partial charge in [0, 0.05) is 98.3 Å². The quantitative estimate of drug-likeness (QED) is 0.0855. The van der Waals surface area contributed by atoms with Crippen molar-refractivity contribution in [3.63, 3.8) is 0 Å². The Morgan fingerprint density at radius 1 is 0.745 bits per heavy atom. The number of thioether (sulfide) groups is 2. The lowest BCUT2D eigenvalue weighted by molar-refractivity contribution is -0.132. The highest BCUT2D eigenvalue weighted by Crippen LogP contribution is 2.10. The standard InChI is InChI=1S/C31H41N9O8S3/c1-3-35(27(44)20-38-7-4-24(41)32-23(38)2)11-16-50-18-13-37(29(46)22-40-9-6-26(43)34-31(40)48)14-19-51-17-12-36(10-15-49)28(45)21-39-8-5-25(42)33-30(39)47/h3-9,49H,1-2,10-22H2,(H,32,41)(H,33,42,47)(H,34,43,48). The van der Waals surface area contributed by atoms with E-state index in [4.69, 9.17) is 0 Å². The van der Waals surface area contributed by atoms with E-state index in [9.17, 15) is 38.4 Å². The molecule has 1 aliphatic rings. The number of aromatic nitrogens is 4. The fourth-order valence-corrected chi connectivity index (χ4v) is 6.59. The van der Waals surface area contributed by atoms with Gasteiger partial charge < -0.3 is 24.9 Å². The first-order valence-corrected chi connectivity index (χ1v) is 18.6. The monoisotopic (exact) mass is 763 g/mol.